The number of ether oxygens (including phenoxy) is 2. The number of rotatable bonds is 9. The lowest BCUT2D eigenvalue weighted by Gasteiger charge is -2.14. The summed E-state index contributed by atoms with van der Waals surface area (Å²) < 4.78 is 11.1. The standard InChI is InChI=1S/C26H26O5/c1-4-12-30-22-10-8-18(9-11-22)26(29)31-23-14-19-6-7-20(25(27)28)16-24(19)21(15-23)13-17(3)5-2/h4,6-11,14-17H,1,5,12-13H2,2-3H3,(H,27,28). The third kappa shape index (κ3) is 5.51. The Morgan fingerprint density at radius 1 is 1.03 bits per heavy atom. The second-order valence-electron chi connectivity index (χ2n) is 7.55. The van der Waals surface area contributed by atoms with Gasteiger partial charge in [-0.15, -0.1) is 0 Å². The van der Waals surface area contributed by atoms with Crippen LogP contribution < -0.4 is 9.47 Å². The molecular formula is C26H26O5. The molecular weight excluding hydrogens is 392 g/mol. The van der Waals surface area contributed by atoms with Crippen LogP contribution in [0, 0.1) is 5.92 Å². The van der Waals surface area contributed by atoms with E-state index in [1.54, 1.807) is 54.6 Å². The van der Waals surface area contributed by atoms with Crippen LogP contribution in [-0.4, -0.2) is 23.7 Å². The van der Waals surface area contributed by atoms with Gasteiger partial charge < -0.3 is 14.6 Å². The molecule has 0 radical (unpaired) electrons. The molecule has 5 heteroatoms. The zero-order valence-corrected chi connectivity index (χ0v) is 17.8. The summed E-state index contributed by atoms with van der Waals surface area (Å²) in [6.45, 7) is 8.25. The maximum Gasteiger partial charge on any atom is 0.343 e. The Balaban J connectivity index is 1.90. The first-order valence-electron chi connectivity index (χ1n) is 10.3. The molecule has 0 amide bonds. The van der Waals surface area contributed by atoms with Gasteiger partial charge in [-0.1, -0.05) is 39.0 Å². The number of fused-ring (bicyclic) bond motifs is 1. The fourth-order valence-corrected chi connectivity index (χ4v) is 3.29. The predicted molar refractivity (Wildman–Crippen MR) is 121 cm³/mol. The molecule has 1 atom stereocenters. The smallest absolute Gasteiger partial charge is 0.343 e. The molecule has 0 spiro atoms. The number of carbonyl (C=O) groups is 2. The van der Waals surface area contributed by atoms with E-state index in [0.717, 1.165) is 29.2 Å². The average molecular weight is 418 g/mol. The summed E-state index contributed by atoms with van der Waals surface area (Å²) in [6, 6.07) is 15.3. The van der Waals surface area contributed by atoms with Crippen LogP contribution in [0.3, 0.4) is 0 Å². The molecule has 0 aliphatic rings. The molecule has 5 nitrogen and oxygen atoms in total. The van der Waals surface area contributed by atoms with Crippen molar-refractivity contribution < 1.29 is 24.2 Å². The van der Waals surface area contributed by atoms with Crippen molar-refractivity contribution in [3.05, 3.63) is 83.9 Å². The van der Waals surface area contributed by atoms with Gasteiger partial charge in [0.05, 0.1) is 11.1 Å². The number of hydrogen-bond acceptors (Lipinski definition) is 4. The van der Waals surface area contributed by atoms with Crippen LogP contribution >= 0.6 is 0 Å². The molecule has 0 aromatic heterocycles. The molecule has 1 N–H and O–H groups in total. The summed E-state index contributed by atoms with van der Waals surface area (Å²) in [6.07, 6.45) is 3.40. The molecule has 0 heterocycles. The summed E-state index contributed by atoms with van der Waals surface area (Å²) >= 11 is 0. The first-order valence-corrected chi connectivity index (χ1v) is 10.3. The van der Waals surface area contributed by atoms with E-state index in [1.807, 2.05) is 6.07 Å². The van der Waals surface area contributed by atoms with Crippen molar-refractivity contribution in [1.82, 2.24) is 0 Å². The zero-order chi connectivity index (χ0) is 22.4. The average Bonchev–Trinajstić information content (AvgIpc) is 2.77. The molecule has 3 rings (SSSR count). The van der Waals surface area contributed by atoms with E-state index in [9.17, 15) is 14.7 Å². The van der Waals surface area contributed by atoms with E-state index in [4.69, 9.17) is 9.47 Å². The first-order chi connectivity index (χ1) is 14.9. The molecule has 0 fully saturated rings. The highest BCUT2D eigenvalue weighted by atomic mass is 16.5. The van der Waals surface area contributed by atoms with Crippen molar-refractivity contribution in [2.24, 2.45) is 5.92 Å². The van der Waals surface area contributed by atoms with Crippen LogP contribution in [0.2, 0.25) is 0 Å². The van der Waals surface area contributed by atoms with Crippen LogP contribution in [0.5, 0.6) is 11.5 Å². The van der Waals surface area contributed by atoms with Crippen molar-refractivity contribution in [2.45, 2.75) is 26.7 Å². The van der Waals surface area contributed by atoms with Gasteiger partial charge in [0.15, 0.2) is 0 Å². The largest absolute Gasteiger partial charge is 0.490 e. The highest BCUT2D eigenvalue weighted by Gasteiger charge is 2.14. The van der Waals surface area contributed by atoms with Crippen LogP contribution in [-0.2, 0) is 6.42 Å². The zero-order valence-electron chi connectivity index (χ0n) is 17.8. The molecule has 0 aliphatic carbocycles. The van der Waals surface area contributed by atoms with Crippen LogP contribution in [0.25, 0.3) is 10.8 Å². The highest BCUT2D eigenvalue weighted by Crippen LogP contribution is 2.29. The second kappa shape index (κ2) is 9.94. The fourth-order valence-electron chi connectivity index (χ4n) is 3.29. The third-order valence-electron chi connectivity index (χ3n) is 5.19. The van der Waals surface area contributed by atoms with Gasteiger partial charge in [0, 0.05) is 0 Å². The monoisotopic (exact) mass is 418 g/mol. The first kappa shape index (κ1) is 22.1. The molecule has 0 aliphatic heterocycles. The SMILES string of the molecule is C=CCOc1ccc(C(=O)Oc2cc(CC(C)CC)c3cc(C(=O)O)ccc3c2)cc1. The number of carboxylic acid groups (broad SMARTS) is 1. The minimum atomic E-state index is -0.965. The van der Waals surface area contributed by atoms with Gasteiger partial charge in [-0.3, -0.25) is 0 Å². The van der Waals surface area contributed by atoms with E-state index in [2.05, 4.69) is 20.4 Å². The highest BCUT2D eigenvalue weighted by molar-refractivity contribution is 5.97. The Kier molecular flexibility index (Phi) is 7.08. The predicted octanol–water partition coefficient (Wildman–Crippen LogP) is 5.91. The van der Waals surface area contributed by atoms with Crippen LogP contribution in [0.1, 0.15) is 46.5 Å². The molecule has 3 aromatic carbocycles. The molecule has 1 unspecified atom stereocenters. The Morgan fingerprint density at radius 3 is 2.39 bits per heavy atom. The van der Waals surface area contributed by atoms with Gasteiger partial charge in [-0.2, -0.15) is 0 Å². The van der Waals surface area contributed by atoms with Crippen molar-refractivity contribution in [3.63, 3.8) is 0 Å². The Morgan fingerprint density at radius 2 is 1.74 bits per heavy atom. The van der Waals surface area contributed by atoms with E-state index < -0.39 is 11.9 Å². The summed E-state index contributed by atoms with van der Waals surface area (Å²) in [5, 5.41) is 11.0. The van der Waals surface area contributed by atoms with E-state index >= 15 is 0 Å². The van der Waals surface area contributed by atoms with E-state index in [1.165, 1.54) is 0 Å². The summed E-state index contributed by atoms with van der Waals surface area (Å²) in [7, 11) is 0. The van der Waals surface area contributed by atoms with Crippen molar-refractivity contribution in [2.75, 3.05) is 6.61 Å². The summed E-state index contributed by atoms with van der Waals surface area (Å²) in [5.41, 5.74) is 1.61. The van der Waals surface area contributed by atoms with Crippen molar-refractivity contribution in [1.29, 1.82) is 0 Å². The van der Waals surface area contributed by atoms with Gasteiger partial charge >= 0.3 is 11.9 Å². The van der Waals surface area contributed by atoms with Gasteiger partial charge in [0.1, 0.15) is 18.1 Å². The number of aromatic carboxylic acids is 1. The maximum atomic E-state index is 12.7. The fraction of sp³-hybridized carbons (Fsp3) is 0.231. The lowest BCUT2D eigenvalue weighted by atomic mass is 9.93. The Labute approximate surface area is 181 Å². The lowest BCUT2D eigenvalue weighted by molar-refractivity contribution is 0.0694. The Bertz CT molecular complexity index is 1100. The van der Waals surface area contributed by atoms with Crippen LogP contribution in [0.4, 0.5) is 0 Å². The topological polar surface area (TPSA) is 72.8 Å². The van der Waals surface area contributed by atoms with Gasteiger partial charge in [0.2, 0.25) is 0 Å². The van der Waals surface area contributed by atoms with E-state index in [0.29, 0.717) is 29.6 Å². The molecule has 3 aromatic rings. The van der Waals surface area contributed by atoms with E-state index in [-0.39, 0.29) is 5.56 Å². The number of carbonyl (C=O) groups excluding carboxylic acids is 1. The molecule has 0 saturated heterocycles. The number of benzene rings is 3. The number of esters is 1. The van der Waals surface area contributed by atoms with Gasteiger partial charge in [-0.25, -0.2) is 9.59 Å². The molecule has 0 saturated carbocycles. The van der Waals surface area contributed by atoms with Crippen molar-refractivity contribution in [3.8, 4) is 11.5 Å². The normalized spacial score (nSPS) is 11.7. The number of carboxylic acids is 1. The summed E-state index contributed by atoms with van der Waals surface area (Å²) in [4.78, 5) is 24.1. The molecule has 160 valence electrons. The minimum Gasteiger partial charge on any atom is -0.490 e. The second-order valence-corrected chi connectivity index (χ2v) is 7.55. The molecule has 31 heavy (non-hydrogen) atoms. The van der Waals surface area contributed by atoms with Gasteiger partial charge in [-0.05, 0) is 77.2 Å². The molecule has 0 bridgehead atoms. The number of hydrogen-bond donors (Lipinski definition) is 1. The van der Waals surface area contributed by atoms with Crippen molar-refractivity contribution >= 4 is 22.7 Å². The van der Waals surface area contributed by atoms with Gasteiger partial charge in [0.25, 0.3) is 0 Å². The minimum absolute atomic E-state index is 0.237. The van der Waals surface area contributed by atoms with Crippen LogP contribution in [0.15, 0.2) is 67.3 Å². The quantitative estimate of drug-likeness (QED) is 0.266. The lowest BCUT2D eigenvalue weighted by Crippen LogP contribution is -2.09. The third-order valence-corrected chi connectivity index (χ3v) is 5.19. The maximum absolute atomic E-state index is 12.7. The summed E-state index contributed by atoms with van der Waals surface area (Å²) in [5.74, 6) is 0.0579. The Hall–Kier alpha value is -3.60.